The molecule has 5 aromatic heterocycles. The molecule has 0 amide bonds. The average Bonchev–Trinajstić information content (AvgIpc) is 3.31. The van der Waals surface area contributed by atoms with Crippen molar-refractivity contribution in [3.8, 4) is 22.5 Å². The van der Waals surface area contributed by atoms with Crippen LogP contribution >= 0.6 is 0 Å². The number of pyridine rings is 4. The first-order chi connectivity index (χ1) is 19.0. The van der Waals surface area contributed by atoms with Gasteiger partial charge < -0.3 is 19.4 Å². The van der Waals surface area contributed by atoms with Crippen molar-refractivity contribution in [2.24, 2.45) is 0 Å². The molecule has 7 heteroatoms. The first-order valence-corrected chi connectivity index (χ1v) is 15.5. The third-order valence-electron chi connectivity index (χ3n) is 5.96. The maximum Gasteiger partial charge on any atom is 0.216 e. The largest absolute Gasteiger partial charge is 0.486 e. The van der Waals surface area contributed by atoms with Gasteiger partial charge in [-0.05, 0) is 65.8 Å². The van der Waals surface area contributed by atoms with Crippen molar-refractivity contribution in [1.29, 1.82) is 0 Å². The molecular weight excluding hydrogens is 665 g/mol. The minimum absolute atomic E-state index is 0. The number of benzene rings is 1. The third-order valence-corrected chi connectivity index (χ3v) is 7.99. The van der Waals surface area contributed by atoms with E-state index >= 15 is 0 Å². The van der Waals surface area contributed by atoms with Crippen molar-refractivity contribution in [3.05, 3.63) is 103 Å². The van der Waals surface area contributed by atoms with E-state index in [0.29, 0.717) is 5.71 Å². The van der Waals surface area contributed by atoms with Gasteiger partial charge in [0.25, 0.3) is 0 Å². The number of rotatable bonds is 3. The summed E-state index contributed by atoms with van der Waals surface area (Å²) in [5.41, 5.74) is 5.76. The topological polar surface area (TPSA) is 64.7 Å². The molecular formula is C31H28IrN4OSi-2. The van der Waals surface area contributed by atoms with E-state index in [0.717, 1.165) is 44.6 Å². The molecule has 0 atom stereocenters. The minimum atomic E-state index is -2.09. The normalized spacial score (nSPS) is 12.6. The van der Waals surface area contributed by atoms with Gasteiger partial charge in [-0.3, -0.25) is 0 Å². The molecule has 6 aromatic rings. The predicted molar refractivity (Wildman–Crippen MR) is 152 cm³/mol. The third kappa shape index (κ3) is 5.96. The van der Waals surface area contributed by atoms with Crippen LogP contribution in [0.15, 0.2) is 83.7 Å². The van der Waals surface area contributed by atoms with Crippen LogP contribution in [0.2, 0.25) is 19.6 Å². The number of furan rings is 1. The Morgan fingerprint density at radius 2 is 1.68 bits per heavy atom. The fourth-order valence-electron chi connectivity index (χ4n) is 3.88. The van der Waals surface area contributed by atoms with Crippen LogP contribution in [0.5, 0.6) is 0 Å². The number of aromatic nitrogens is 4. The van der Waals surface area contributed by atoms with Crippen molar-refractivity contribution in [1.82, 2.24) is 19.9 Å². The van der Waals surface area contributed by atoms with Crippen LogP contribution in [0.1, 0.15) is 15.4 Å². The number of hydrogen-bond acceptors (Lipinski definition) is 5. The van der Waals surface area contributed by atoms with Gasteiger partial charge >= 0.3 is 0 Å². The van der Waals surface area contributed by atoms with Gasteiger partial charge in [0.05, 0.1) is 13.7 Å². The van der Waals surface area contributed by atoms with Crippen molar-refractivity contribution >= 4 is 35.3 Å². The summed E-state index contributed by atoms with van der Waals surface area (Å²) in [5, 5.41) is 3.24. The van der Waals surface area contributed by atoms with Crippen LogP contribution in [0, 0.1) is 26.0 Å². The van der Waals surface area contributed by atoms with Gasteiger partial charge in [-0.2, -0.15) is 0 Å². The molecule has 38 heavy (non-hydrogen) atoms. The van der Waals surface area contributed by atoms with Gasteiger partial charge in [0.15, 0.2) is 0 Å². The van der Waals surface area contributed by atoms with E-state index in [2.05, 4.69) is 57.9 Å². The van der Waals surface area contributed by atoms with Gasteiger partial charge in [-0.15, -0.1) is 35.9 Å². The Morgan fingerprint density at radius 3 is 2.34 bits per heavy atom. The molecule has 0 N–H and O–H groups in total. The molecule has 5 heterocycles. The quantitative estimate of drug-likeness (QED) is 0.148. The first kappa shape index (κ1) is 23.6. The molecule has 0 fully saturated rings. The maximum absolute atomic E-state index is 7.23. The summed E-state index contributed by atoms with van der Waals surface area (Å²) < 4.78 is 27.7. The van der Waals surface area contributed by atoms with E-state index in [-0.39, 0.29) is 25.7 Å². The van der Waals surface area contributed by atoms with E-state index in [9.17, 15) is 0 Å². The molecule has 5 nitrogen and oxygen atoms in total. The molecule has 0 aliphatic carbocycles. The SMILES string of the molecule is Cc1ccc2c(n1)oc1c(-c3ccc([Si](C)(C)C)cn3)[c-]ncc12.[2H]C([2H])([2H])c1ccc(-c2[c-]cccc2)nc1.[Ir]. The zero-order valence-electron chi connectivity index (χ0n) is 24.5. The molecule has 0 unspecified atom stereocenters. The van der Waals surface area contributed by atoms with Crippen LogP contribution in [0.3, 0.4) is 0 Å². The van der Waals surface area contributed by atoms with E-state index in [1.165, 1.54) is 11.4 Å². The van der Waals surface area contributed by atoms with Gasteiger partial charge in [-0.1, -0.05) is 49.5 Å². The molecule has 0 aliphatic rings. The van der Waals surface area contributed by atoms with Crippen LogP contribution in [0.25, 0.3) is 44.6 Å². The maximum atomic E-state index is 7.23. The number of hydrogen-bond donors (Lipinski definition) is 0. The second kappa shape index (κ2) is 11.5. The molecule has 193 valence electrons. The van der Waals surface area contributed by atoms with Crippen LogP contribution in [-0.2, 0) is 20.1 Å². The Balaban J connectivity index is 0.000000200. The monoisotopic (exact) mass is 696 g/mol. The van der Waals surface area contributed by atoms with Crippen molar-refractivity contribution in [2.75, 3.05) is 0 Å². The van der Waals surface area contributed by atoms with Crippen molar-refractivity contribution < 1.29 is 28.6 Å². The minimum Gasteiger partial charge on any atom is -0.486 e. The summed E-state index contributed by atoms with van der Waals surface area (Å²) in [5.74, 6) is 0. The van der Waals surface area contributed by atoms with E-state index < -0.39 is 14.9 Å². The van der Waals surface area contributed by atoms with Gasteiger partial charge in [0.1, 0.15) is 0 Å². The Bertz CT molecular complexity index is 1770. The number of aryl methyl sites for hydroxylation is 2. The summed E-state index contributed by atoms with van der Waals surface area (Å²) in [7, 11) is -1.37. The Kier molecular flexibility index (Phi) is 7.13. The van der Waals surface area contributed by atoms with Crippen LogP contribution in [-0.4, -0.2) is 28.0 Å². The summed E-state index contributed by atoms with van der Waals surface area (Å²) in [4.78, 5) is 17.5. The first-order valence-electron chi connectivity index (χ1n) is 13.5. The molecule has 0 saturated heterocycles. The smallest absolute Gasteiger partial charge is 0.216 e. The molecule has 6 rings (SSSR count). The van der Waals surface area contributed by atoms with E-state index in [1.54, 1.807) is 24.4 Å². The van der Waals surface area contributed by atoms with Crippen molar-refractivity contribution in [3.63, 3.8) is 0 Å². The molecule has 0 aliphatic heterocycles. The second-order valence-electron chi connectivity index (χ2n) is 9.79. The fraction of sp³-hybridized carbons (Fsp3) is 0.161. The van der Waals surface area contributed by atoms with Crippen LogP contribution < -0.4 is 5.19 Å². The Labute approximate surface area is 242 Å². The summed E-state index contributed by atoms with van der Waals surface area (Å²) in [6.45, 7) is 6.79. The summed E-state index contributed by atoms with van der Waals surface area (Å²) >= 11 is 0. The summed E-state index contributed by atoms with van der Waals surface area (Å²) in [6, 6.07) is 22.0. The van der Waals surface area contributed by atoms with Gasteiger partial charge in [-0.25, -0.2) is 4.98 Å². The average molecular weight is 696 g/mol. The van der Waals surface area contributed by atoms with Gasteiger partial charge in [0.2, 0.25) is 5.71 Å². The Hall–Kier alpha value is -3.51. The Morgan fingerprint density at radius 1 is 0.868 bits per heavy atom. The number of fused-ring (bicyclic) bond motifs is 3. The molecule has 0 saturated carbocycles. The number of nitrogens with zero attached hydrogens (tertiary/aromatic N) is 4. The molecule has 1 radical (unpaired) electrons. The zero-order valence-corrected chi connectivity index (χ0v) is 24.9. The van der Waals surface area contributed by atoms with E-state index in [1.807, 2.05) is 49.5 Å². The standard InChI is InChI=1S/C19H18N3OSi.C12H10N.Ir/c1-12-5-7-14-15-10-20-11-16(18(15)23-19(14)22-12)17-8-6-13(9-21-17)24(2,3)4;1-10-7-8-12(13-9-10)11-5-3-2-4-6-11;/h5-10H,1-4H3;2-5,7-9H,1H3;/q2*-1;/i;1D3;. The van der Waals surface area contributed by atoms with Crippen LogP contribution in [0.4, 0.5) is 0 Å². The fourth-order valence-corrected chi connectivity index (χ4v) is 4.92. The van der Waals surface area contributed by atoms with E-state index in [4.69, 9.17) is 8.53 Å². The molecule has 0 spiro atoms. The second-order valence-corrected chi connectivity index (χ2v) is 14.9. The molecule has 1 aromatic carbocycles. The predicted octanol–water partition coefficient (Wildman–Crippen LogP) is 6.95. The molecule has 0 bridgehead atoms. The zero-order chi connectivity index (χ0) is 28.5. The van der Waals surface area contributed by atoms with Crippen molar-refractivity contribution in [2.45, 2.75) is 33.4 Å². The van der Waals surface area contributed by atoms with Gasteiger partial charge in [0, 0.05) is 47.7 Å². The summed E-state index contributed by atoms with van der Waals surface area (Å²) in [6.07, 6.45) is 8.18.